The van der Waals surface area contributed by atoms with E-state index in [9.17, 15) is 12.8 Å². The summed E-state index contributed by atoms with van der Waals surface area (Å²) in [6.07, 6.45) is 1.78. The van der Waals surface area contributed by atoms with Crippen LogP contribution in [-0.2, 0) is 16.4 Å². The van der Waals surface area contributed by atoms with Crippen LogP contribution in [0.4, 0.5) is 4.39 Å². The van der Waals surface area contributed by atoms with E-state index in [0.29, 0.717) is 6.42 Å². The van der Waals surface area contributed by atoms with Crippen molar-refractivity contribution in [1.29, 1.82) is 5.26 Å². The van der Waals surface area contributed by atoms with E-state index < -0.39 is 10.0 Å². The SMILES string of the molecule is N#Cc1ncccc1S(=O)(=O)NCCc1ccc(F)cc1. The van der Waals surface area contributed by atoms with Gasteiger partial charge in [-0.15, -0.1) is 0 Å². The lowest BCUT2D eigenvalue weighted by Gasteiger charge is -2.07. The maximum Gasteiger partial charge on any atom is 0.243 e. The normalized spacial score (nSPS) is 11.0. The number of aromatic nitrogens is 1. The molecule has 0 unspecified atom stereocenters. The molecule has 1 aromatic heterocycles. The van der Waals surface area contributed by atoms with Crippen molar-refractivity contribution in [2.75, 3.05) is 6.54 Å². The lowest BCUT2D eigenvalue weighted by Crippen LogP contribution is -2.26. The zero-order valence-corrected chi connectivity index (χ0v) is 11.8. The largest absolute Gasteiger partial charge is 0.244 e. The lowest BCUT2D eigenvalue weighted by atomic mass is 10.1. The van der Waals surface area contributed by atoms with Crippen molar-refractivity contribution < 1.29 is 12.8 Å². The molecule has 2 aromatic rings. The smallest absolute Gasteiger partial charge is 0.243 e. The molecule has 0 atom stereocenters. The highest BCUT2D eigenvalue weighted by Crippen LogP contribution is 2.11. The number of sulfonamides is 1. The fourth-order valence-corrected chi connectivity index (χ4v) is 2.89. The average molecular weight is 305 g/mol. The molecular weight excluding hydrogens is 293 g/mol. The van der Waals surface area contributed by atoms with E-state index in [4.69, 9.17) is 5.26 Å². The zero-order chi connectivity index (χ0) is 15.3. The summed E-state index contributed by atoms with van der Waals surface area (Å²) in [4.78, 5) is 3.57. The minimum Gasteiger partial charge on any atom is -0.244 e. The van der Waals surface area contributed by atoms with E-state index in [1.54, 1.807) is 18.2 Å². The first-order chi connectivity index (χ1) is 10.0. The van der Waals surface area contributed by atoms with Crippen LogP contribution >= 0.6 is 0 Å². The van der Waals surface area contributed by atoms with Crippen molar-refractivity contribution >= 4 is 10.0 Å². The molecule has 0 saturated heterocycles. The molecule has 2 rings (SSSR count). The van der Waals surface area contributed by atoms with Gasteiger partial charge in [0.05, 0.1) is 0 Å². The molecular formula is C14H12FN3O2S. The van der Waals surface area contributed by atoms with Gasteiger partial charge in [0, 0.05) is 12.7 Å². The van der Waals surface area contributed by atoms with Crippen molar-refractivity contribution in [3.8, 4) is 6.07 Å². The predicted octanol–water partition coefficient (Wildman–Crippen LogP) is 1.61. The lowest BCUT2D eigenvalue weighted by molar-refractivity contribution is 0.580. The second kappa shape index (κ2) is 6.43. The number of hydrogen-bond acceptors (Lipinski definition) is 4. The fraction of sp³-hybridized carbons (Fsp3) is 0.143. The highest BCUT2D eigenvalue weighted by Gasteiger charge is 2.18. The molecule has 0 aliphatic heterocycles. The topological polar surface area (TPSA) is 82.8 Å². The Bertz CT molecular complexity index is 768. The van der Waals surface area contributed by atoms with Crippen LogP contribution in [0.1, 0.15) is 11.3 Å². The van der Waals surface area contributed by atoms with E-state index in [0.717, 1.165) is 5.56 Å². The van der Waals surface area contributed by atoms with Gasteiger partial charge in [-0.25, -0.2) is 22.5 Å². The summed E-state index contributed by atoms with van der Waals surface area (Å²) in [6.45, 7) is 0.147. The Morgan fingerprint density at radius 3 is 2.62 bits per heavy atom. The maximum absolute atomic E-state index is 12.8. The number of rotatable bonds is 5. The van der Waals surface area contributed by atoms with Crippen molar-refractivity contribution in [1.82, 2.24) is 9.71 Å². The molecule has 0 bridgehead atoms. The number of pyridine rings is 1. The minimum atomic E-state index is -3.79. The van der Waals surface area contributed by atoms with Gasteiger partial charge >= 0.3 is 0 Å². The summed E-state index contributed by atoms with van der Waals surface area (Å²) in [6, 6.07) is 10.3. The first-order valence-corrected chi connectivity index (χ1v) is 7.60. The maximum atomic E-state index is 12.8. The number of halogens is 1. The van der Waals surface area contributed by atoms with E-state index in [1.807, 2.05) is 0 Å². The Labute approximate surface area is 122 Å². The van der Waals surface area contributed by atoms with Gasteiger partial charge < -0.3 is 0 Å². The minimum absolute atomic E-state index is 0.146. The second-order valence-corrected chi connectivity index (χ2v) is 5.97. The van der Waals surface area contributed by atoms with Gasteiger partial charge in [-0.05, 0) is 36.2 Å². The summed E-state index contributed by atoms with van der Waals surface area (Å²) in [7, 11) is -3.79. The van der Waals surface area contributed by atoms with Crippen LogP contribution in [0.25, 0.3) is 0 Å². The third-order valence-electron chi connectivity index (χ3n) is 2.79. The average Bonchev–Trinajstić information content (AvgIpc) is 2.49. The van der Waals surface area contributed by atoms with Crippen LogP contribution in [0.5, 0.6) is 0 Å². The van der Waals surface area contributed by atoms with Gasteiger partial charge in [0.2, 0.25) is 10.0 Å². The second-order valence-electron chi connectivity index (χ2n) is 4.24. The van der Waals surface area contributed by atoms with Crippen LogP contribution in [0, 0.1) is 17.1 Å². The van der Waals surface area contributed by atoms with Gasteiger partial charge in [-0.3, -0.25) is 0 Å². The summed E-state index contributed by atoms with van der Waals surface area (Å²) in [5, 5.41) is 8.87. The van der Waals surface area contributed by atoms with Gasteiger partial charge in [0.15, 0.2) is 5.69 Å². The van der Waals surface area contributed by atoms with E-state index in [2.05, 4.69) is 9.71 Å². The quantitative estimate of drug-likeness (QED) is 0.909. The Morgan fingerprint density at radius 1 is 1.24 bits per heavy atom. The third kappa shape index (κ3) is 3.84. The molecule has 0 amide bonds. The van der Waals surface area contributed by atoms with Crippen molar-refractivity contribution in [2.45, 2.75) is 11.3 Å². The van der Waals surface area contributed by atoms with Gasteiger partial charge in [-0.1, -0.05) is 12.1 Å². The molecule has 5 nitrogen and oxygen atoms in total. The molecule has 0 aliphatic carbocycles. The molecule has 1 aromatic carbocycles. The standard InChI is InChI=1S/C14H12FN3O2S/c15-12-5-3-11(4-6-12)7-9-18-21(19,20)14-2-1-8-17-13(14)10-16/h1-6,8,18H,7,9H2. The van der Waals surface area contributed by atoms with Gasteiger partial charge in [0.1, 0.15) is 16.8 Å². The number of hydrogen-bond donors (Lipinski definition) is 1. The zero-order valence-electron chi connectivity index (χ0n) is 11.0. The first-order valence-electron chi connectivity index (χ1n) is 6.12. The van der Waals surface area contributed by atoms with E-state index in [-0.39, 0.29) is 23.0 Å². The number of benzene rings is 1. The van der Waals surface area contributed by atoms with Gasteiger partial charge in [0.25, 0.3) is 0 Å². The van der Waals surface area contributed by atoms with Crippen LogP contribution in [-0.4, -0.2) is 19.9 Å². The molecule has 0 spiro atoms. The monoisotopic (exact) mass is 305 g/mol. The molecule has 1 N–H and O–H groups in total. The molecule has 0 radical (unpaired) electrons. The number of nitrogens with zero attached hydrogens (tertiary/aromatic N) is 2. The molecule has 0 saturated carbocycles. The Balaban J connectivity index is 2.05. The Morgan fingerprint density at radius 2 is 1.95 bits per heavy atom. The van der Waals surface area contributed by atoms with E-state index in [1.165, 1.54) is 30.5 Å². The third-order valence-corrected chi connectivity index (χ3v) is 4.28. The molecule has 1 heterocycles. The molecule has 21 heavy (non-hydrogen) atoms. The molecule has 0 aliphatic rings. The van der Waals surface area contributed by atoms with Crippen LogP contribution < -0.4 is 4.72 Å². The Kier molecular flexibility index (Phi) is 4.62. The number of nitriles is 1. The van der Waals surface area contributed by atoms with Crippen molar-refractivity contribution in [2.24, 2.45) is 0 Å². The Hall–Kier alpha value is -2.30. The molecule has 108 valence electrons. The van der Waals surface area contributed by atoms with Crippen LogP contribution in [0.2, 0.25) is 0 Å². The summed E-state index contributed by atoms with van der Waals surface area (Å²) in [5.74, 6) is -0.339. The fourth-order valence-electron chi connectivity index (χ4n) is 1.75. The highest BCUT2D eigenvalue weighted by atomic mass is 32.2. The highest BCUT2D eigenvalue weighted by molar-refractivity contribution is 7.89. The number of nitrogens with one attached hydrogen (secondary N) is 1. The molecule has 0 fully saturated rings. The van der Waals surface area contributed by atoms with E-state index >= 15 is 0 Å². The summed E-state index contributed by atoms with van der Waals surface area (Å²) >= 11 is 0. The molecule has 7 heteroatoms. The van der Waals surface area contributed by atoms with Crippen molar-refractivity contribution in [3.63, 3.8) is 0 Å². The first kappa shape index (κ1) is 15.1. The van der Waals surface area contributed by atoms with Crippen molar-refractivity contribution in [3.05, 3.63) is 59.7 Å². The summed E-state index contributed by atoms with van der Waals surface area (Å²) in [5.41, 5.74) is 0.664. The predicted molar refractivity (Wildman–Crippen MR) is 74.2 cm³/mol. The van der Waals surface area contributed by atoms with Crippen LogP contribution in [0.3, 0.4) is 0 Å². The van der Waals surface area contributed by atoms with Gasteiger partial charge in [-0.2, -0.15) is 5.26 Å². The van der Waals surface area contributed by atoms with Crippen LogP contribution in [0.15, 0.2) is 47.5 Å². The summed E-state index contributed by atoms with van der Waals surface area (Å²) < 4.78 is 39.3.